The highest BCUT2D eigenvalue weighted by molar-refractivity contribution is 6.10. The molecule has 1 aliphatic rings. The summed E-state index contributed by atoms with van der Waals surface area (Å²) in [5.74, 6) is -0.262. The molecule has 1 heterocycles. The van der Waals surface area contributed by atoms with Crippen molar-refractivity contribution in [3.8, 4) is 5.75 Å². The number of hydrogen-bond donors (Lipinski definition) is 1. The van der Waals surface area contributed by atoms with Crippen LogP contribution in [0.1, 0.15) is 27.9 Å². The molecule has 29 heavy (non-hydrogen) atoms. The normalized spacial score (nSPS) is 17.9. The molecule has 0 aliphatic carbocycles. The van der Waals surface area contributed by atoms with Crippen molar-refractivity contribution in [1.82, 2.24) is 0 Å². The number of amides is 1. The zero-order valence-electron chi connectivity index (χ0n) is 16.0. The maximum atomic E-state index is 13.3. The molecule has 0 spiro atoms. The fourth-order valence-corrected chi connectivity index (χ4v) is 3.73. The molecule has 1 unspecified atom stereocenters. The number of anilines is 1. The molecule has 1 aliphatic heterocycles. The molecule has 0 saturated heterocycles. The van der Waals surface area contributed by atoms with Crippen LogP contribution in [0, 0.1) is 0 Å². The van der Waals surface area contributed by atoms with E-state index in [4.69, 9.17) is 4.74 Å². The summed E-state index contributed by atoms with van der Waals surface area (Å²) in [4.78, 5) is 27.7. The van der Waals surface area contributed by atoms with Gasteiger partial charge in [-0.15, -0.1) is 0 Å². The number of carbonyl (C=O) groups excluding carboxylic acids is 2. The summed E-state index contributed by atoms with van der Waals surface area (Å²) in [6.07, 6.45) is -0.332. The van der Waals surface area contributed by atoms with E-state index in [1.54, 1.807) is 47.4 Å². The van der Waals surface area contributed by atoms with Crippen molar-refractivity contribution in [1.29, 1.82) is 0 Å². The van der Waals surface area contributed by atoms with Gasteiger partial charge in [-0.05, 0) is 23.8 Å². The number of fused-ring (bicyclic) bond motifs is 1. The molecule has 4 rings (SSSR count). The van der Waals surface area contributed by atoms with Gasteiger partial charge in [0.15, 0.2) is 11.4 Å². The number of carbonyl (C=O) groups is 2. The molecule has 5 heteroatoms. The van der Waals surface area contributed by atoms with Crippen molar-refractivity contribution in [2.75, 3.05) is 12.0 Å². The van der Waals surface area contributed by atoms with E-state index < -0.39 is 11.5 Å². The highest BCUT2D eigenvalue weighted by Gasteiger charge is 2.50. The minimum Gasteiger partial charge on any atom is -0.497 e. The molecule has 0 saturated carbocycles. The summed E-state index contributed by atoms with van der Waals surface area (Å²) in [5.41, 5.74) is 0.522. The van der Waals surface area contributed by atoms with Gasteiger partial charge >= 0.3 is 0 Å². The van der Waals surface area contributed by atoms with Gasteiger partial charge in [0.05, 0.1) is 25.8 Å². The fraction of sp³-hybridized carbons (Fsp3) is 0.167. The number of methoxy groups -OCH3 is 1. The zero-order valence-corrected chi connectivity index (χ0v) is 16.0. The summed E-state index contributed by atoms with van der Waals surface area (Å²) in [7, 11) is 1.52. The van der Waals surface area contributed by atoms with Gasteiger partial charge in [-0.3, -0.25) is 9.59 Å². The predicted octanol–water partition coefficient (Wildman–Crippen LogP) is 3.70. The Bertz CT molecular complexity index is 1060. The Morgan fingerprint density at radius 2 is 1.72 bits per heavy atom. The summed E-state index contributed by atoms with van der Waals surface area (Å²) < 4.78 is 5.17. The topological polar surface area (TPSA) is 66.8 Å². The van der Waals surface area contributed by atoms with Crippen LogP contribution in [0.3, 0.4) is 0 Å². The van der Waals surface area contributed by atoms with Crippen LogP contribution in [0.15, 0.2) is 78.9 Å². The van der Waals surface area contributed by atoms with E-state index in [-0.39, 0.29) is 12.2 Å². The van der Waals surface area contributed by atoms with E-state index in [1.807, 2.05) is 36.4 Å². The summed E-state index contributed by atoms with van der Waals surface area (Å²) >= 11 is 0. The zero-order chi connectivity index (χ0) is 20.4. The van der Waals surface area contributed by atoms with Crippen LogP contribution in [-0.2, 0) is 16.9 Å². The van der Waals surface area contributed by atoms with Gasteiger partial charge in [-0.1, -0.05) is 60.7 Å². The first-order valence-electron chi connectivity index (χ1n) is 9.38. The Hall–Kier alpha value is -3.44. The Balaban J connectivity index is 1.67. The average Bonchev–Trinajstić information content (AvgIpc) is 2.96. The third-order valence-electron chi connectivity index (χ3n) is 5.23. The minimum atomic E-state index is -1.90. The van der Waals surface area contributed by atoms with Crippen LogP contribution >= 0.6 is 0 Å². The first-order valence-corrected chi connectivity index (χ1v) is 9.38. The molecule has 1 atom stereocenters. The lowest BCUT2D eigenvalue weighted by Gasteiger charge is -2.23. The standard InChI is InChI=1S/C24H21NO4/c1-29-19-11-7-10-18(14-19)22(26)15-24(28)20-12-5-6-13-21(20)25(23(24)27)16-17-8-3-2-4-9-17/h2-14,28H,15-16H2,1H3. The predicted molar refractivity (Wildman–Crippen MR) is 110 cm³/mol. The Kier molecular flexibility index (Phi) is 4.91. The van der Waals surface area contributed by atoms with Gasteiger partial charge in [0.1, 0.15) is 5.75 Å². The van der Waals surface area contributed by atoms with Crippen LogP contribution in [0.4, 0.5) is 5.69 Å². The molecule has 5 nitrogen and oxygen atoms in total. The van der Waals surface area contributed by atoms with Gasteiger partial charge in [-0.25, -0.2) is 0 Å². The lowest BCUT2D eigenvalue weighted by atomic mass is 9.88. The fourth-order valence-electron chi connectivity index (χ4n) is 3.73. The number of hydrogen-bond acceptors (Lipinski definition) is 4. The first-order chi connectivity index (χ1) is 14.0. The van der Waals surface area contributed by atoms with Gasteiger partial charge in [0, 0.05) is 11.1 Å². The number of aliphatic hydroxyl groups is 1. The molecule has 0 bridgehead atoms. The number of Topliss-reactive ketones (excluding diaryl/α,β-unsaturated/α-hetero) is 1. The van der Waals surface area contributed by atoms with Gasteiger partial charge < -0.3 is 14.7 Å². The van der Waals surface area contributed by atoms with Crippen molar-refractivity contribution in [3.05, 3.63) is 95.6 Å². The number of rotatable bonds is 6. The number of nitrogens with zero attached hydrogens (tertiary/aromatic N) is 1. The molecule has 0 radical (unpaired) electrons. The number of ether oxygens (including phenoxy) is 1. The van der Waals surface area contributed by atoms with E-state index in [9.17, 15) is 14.7 Å². The second-order valence-electron chi connectivity index (χ2n) is 7.09. The molecule has 1 N–H and O–H groups in total. The number of para-hydroxylation sites is 1. The van der Waals surface area contributed by atoms with Crippen molar-refractivity contribution in [3.63, 3.8) is 0 Å². The molecule has 3 aromatic rings. The summed E-state index contributed by atoms with van der Waals surface area (Å²) in [6.45, 7) is 0.326. The average molecular weight is 387 g/mol. The van der Waals surface area contributed by atoms with Crippen LogP contribution in [0.2, 0.25) is 0 Å². The third-order valence-corrected chi connectivity index (χ3v) is 5.23. The monoisotopic (exact) mass is 387 g/mol. The molecule has 146 valence electrons. The lowest BCUT2D eigenvalue weighted by Crippen LogP contribution is -2.41. The molecular weight excluding hydrogens is 366 g/mol. The molecule has 3 aromatic carbocycles. The number of ketones is 1. The maximum absolute atomic E-state index is 13.3. The van der Waals surface area contributed by atoms with E-state index in [0.717, 1.165) is 5.56 Å². The minimum absolute atomic E-state index is 0.323. The second-order valence-corrected chi connectivity index (χ2v) is 7.09. The van der Waals surface area contributed by atoms with Crippen molar-refractivity contribution >= 4 is 17.4 Å². The van der Waals surface area contributed by atoms with Crippen LogP contribution in [0.5, 0.6) is 5.75 Å². The maximum Gasteiger partial charge on any atom is 0.264 e. The third kappa shape index (κ3) is 3.41. The highest BCUT2D eigenvalue weighted by atomic mass is 16.5. The smallest absolute Gasteiger partial charge is 0.264 e. The molecule has 0 fully saturated rings. The SMILES string of the molecule is COc1cccc(C(=O)CC2(O)C(=O)N(Cc3ccccc3)c3ccccc32)c1. The second kappa shape index (κ2) is 7.53. The van der Waals surface area contributed by atoms with Gasteiger partial charge in [-0.2, -0.15) is 0 Å². The van der Waals surface area contributed by atoms with Crippen molar-refractivity contribution < 1.29 is 19.4 Å². The Morgan fingerprint density at radius 1 is 1.00 bits per heavy atom. The summed E-state index contributed by atoms with van der Waals surface area (Å²) in [6, 6.07) is 23.4. The van der Waals surface area contributed by atoms with Crippen molar-refractivity contribution in [2.45, 2.75) is 18.6 Å². The van der Waals surface area contributed by atoms with E-state index >= 15 is 0 Å². The molecule has 0 aromatic heterocycles. The largest absolute Gasteiger partial charge is 0.497 e. The molecule has 1 amide bonds. The first kappa shape index (κ1) is 18.9. The van der Waals surface area contributed by atoms with Crippen LogP contribution in [0.25, 0.3) is 0 Å². The van der Waals surface area contributed by atoms with E-state index in [1.165, 1.54) is 7.11 Å². The Morgan fingerprint density at radius 3 is 2.48 bits per heavy atom. The van der Waals surface area contributed by atoms with Crippen LogP contribution < -0.4 is 9.64 Å². The van der Waals surface area contributed by atoms with Crippen molar-refractivity contribution in [2.24, 2.45) is 0 Å². The highest BCUT2D eigenvalue weighted by Crippen LogP contribution is 2.43. The quantitative estimate of drug-likeness (QED) is 0.655. The van der Waals surface area contributed by atoms with Gasteiger partial charge in [0.2, 0.25) is 0 Å². The van der Waals surface area contributed by atoms with Gasteiger partial charge in [0.25, 0.3) is 5.91 Å². The van der Waals surface area contributed by atoms with E-state index in [2.05, 4.69) is 0 Å². The number of benzene rings is 3. The molecular formula is C24H21NO4. The summed E-state index contributed by atoms with van der Waals surface area (Å²) in [5, 5.41) is 11.4. The Labute approximate surface area is 169 Å². The van der Waals surface area contributed by atoms with Crippen LogP contribution in [-0.4, -0.2) is 23.9 Å². The van der Waals surface area contributed by atoms with E-state index in [0.29, 0.717) is 29.1 Å². The lowest BCUT2D eigenvalue weighted by molar-refractivity contribution is -0.136.